The summed E-state index contributed by atoms with van der Waals surface area (Å²) in [5, 5.41) is 0. The highest BCUT2D eigenvalue weighted by Crippen LogP contribution is 2.28. The molecule has 0 bridgehead atoms. The van der Waals surface area contributed by atoms with E-state index in [0.717, 1.165) is 5.92 Å². The zero-order valence-corrected chi connectivity index (χ0v) is 10.4. The Hall–Kier alpha value is -0.560. The molecule has 0 heterocycles. The Bertz CT molecular complexity index is 248. The van der Waals surface area contributed by atoms with E-state index in [9.17, 15) is 0 Å². The molecular weight excluding hydrogens is 182 g/mol. The van der Waals surface area contributed by atoms with Crippen LogP contribution in [-0.4, -0.2) is 6.04 Å². The van der Waals surface area contributed by atoms with Gasteiger partial charge in [0, 0.05) is 6.04 Å². The van der Waals surface area contributed by atoms with Gasteiger partial charge >= 0.3 is 0 Å². The summed E-state index contributed by atoms with van der Waals surface area (Å²) in [6, 6.07) is 0.186. The van der Waals surface area contributed by atoms with Crippen LogP contribution in [0.4, 0.5) is 0 Å². The lowest BCUT2D eigenvalue weighted by Gasteiger charge is -2.08. The van der Waals surface area contributed by atoms with Crippen molar-refractivity contribution in [3.05, 3.63) is 23.3 Å². The Morgan fingerprint density at radius 2 is 2.33 bits per heavy atom. The third kappa shape index (κ3) is 4.21. The molecule has 0 spiro atoms. The molecule has 15 heavy (non-hydrogen) atoms. The summed E-state index contributed by atoms with van der Waals surface area (Å²) in [5.74, 6) is 0.800. The maximum Gasteiger partial charge on any atom is 0.0200 e. The Morgan fingerprint density at radius 3 is 2.93 bits per heavy atom. The van der Waals surface area contributed by atoms with Gasteiger partial charge < -0.3 is 5.73 Å². The molecule has 0 aliphatic heterocycles. The van der Waals surface area contributed by atoms with Crippen LogP contribution in [0.25, 0.3) is 0 Å². The van der Waals surface area contributed by atoms with Gasteiger partial charge in [-0.25, -0.2) is 0 Å². The second kappa shape index (κ2) is 6.12. The van der Waals surface area contributed by atoms with E-state index < -0.39 is 0 Å². The first-order chi connectivity index (χ1) is 7.13. The Labute approximate surface area is 94.4 Å². The molecule has 0 aromatic heterocycles. The largest absolute Gasteiger partial charge is 0.325 e. The number of rotatable bonds is 3. The molecular formula is C14H25N. The monoisotopic (exact) mass is 207 g/mol. The van der Waals surface area contributed by atoms with E-state index in [-0.39, 0.29) is 6.04 Å². The van der Waals surface area contributed by atoms with E-state index in [1.807, 2.05) is 0 Å². The molecule has 1 heteroatoms. The summed E-state index contributed by atoms with van der Waals surface area (Å²) < 4.78 is 0. The van der Waals surface area contributed by atoms with Gasteiger partial charge in [-0.15, -0.1) is 0 Å². The summed E-state index contributed by atoms with van der Waals surface area (Å²) in [7, 11) is 0. The molecule has 1 aliphatic carbocycles. The van der Waals surface area contributed by atoms with Gasteiger partial charge in [-0.05, 0) is 51.0 Å². The lowest BCUT2D eigenvalue weighted by atomic mass is 9.98. The maximum atomic E-state index is 5.83. The topological polar surface area (TPSA) is 26.0 Å². The fraction of sp³-hybridized carbons (Fsp3) is 0.714. The highest BCUT2D eigenvalue weighted by molar-refractivity contribution is 5.31. The molecule has 2 N–H and O–H groups in total. The van der Waals surface area contributed by atoms with Crippen molar-refractivity contribution < 1.29 is 0 Å². The Kier molecular flexibility index (Phi) is 5.10. The molecule has 1 rings (SSSR count). The molecule has 0 amide bonds. The van der Waals surface area contributed by atoms with Crippen molar-refractivity contribution in [1.29, 1.82) is 0 Å². The third-order valence-electron chi connectivity index (χ3n) is 3.14. The summed E-state index contributed by atoms with van der Waals surface area (Å²) >= 11 is 0. The van der Waals surface area contributed by atoms with Gasteiger partial charge in [0.1, 0.15) is 0 Å². The van der Waals surface area contributed by atoms with Crippen molar-refractivity contribution >= 4 is 0 Å². The van der Waals surface area contributed by atoms with E-state index in [0.29, 0.717) is 0 Å². The second-order valence-corrected chi connectivity index (χ2v) is 4.84. The standard InChI is InChI=1S/C14H25N/c1-4-6-13-7-5-8-14(10-12(3)15)11(2)9-13/h9-10,12-13H,4-8,15H2,1-3H3. The van der Waals surface area contributed by atoms with Crippen LogP contribution >= 0.6 is 0 Å². The molecule has 86 valence electrons. The van der Waals surface area contributed by atoms with Crippen molar-refractivity contribution in [2.24, 2.45) is 11.7 Å². The van der Waals surface area contributed by atoms with E-state index >= 15 is 0 Å². The Balaban J connectivity index is 2.74. The van der Waals surface area contributed by atoms with E-state index in [1.54, 1.807) is 0 Å². The molecule has 1 nitrogen and oxygen atoms in total. The fourth-order valence-electron chi connectivity index (χ4n) is 2.43. The predicted octanol–water partition coefficient (Wildman–Crippen LogP) is 3.81. The van der Waals surface area contributed by atoms with Crippen LogP contribution in [0.1, 0.15) is 52.9 Å². The van der Waals surface area contributed by atoms with Gasteiger partial charge in [-0.1, -0.05) is 31.1 Å². The van der Waals surface area contributed by atoms with Crippen LogP contribution in [0, 0.1) is 5.92 Å². The number of hydrogen-bond acceptors (Lipinski definition) is 1. The molecule has 0 aromatic carbocycles. The minimum absolute atomic E-state index is 0.186. The fourth-order valence-corrected chi connectivity index (χ4v) is 2.43. The predicted molar refractivity (Wildman–Crippen MR) is 67.7 cm³/mol. The average Bonchev–Trinajstić information content (AvgIpc) is 2.29. The maximum absolute atomic E-state index is 5.83. The summed E-state index contributed by atoms with van der Waals surface area (Å²) in [6.45, 7) is 6.56. The normalized spacial score (nSPS) is 27.3. The highest BCUT2D eigenvalue weighted by atomic mass is 14.6. The summed E-state index contributed by atoms with van der Waals surface area (Å²) in [5.41, 5.74) is 8.76. The minimum Gasteiger partial charge on any atom is -0.325 e. The van der Waals surface area contributed by atoms with Gasteiger partial charge in [0.2, 0.25) is 0 Å². The van der Waals surface area contributed by atoms with Crippen molar-refractivity contribution in [3.63, 3.8) is 0 Å². The van der Waals surface area contributed by atoms with Gasteiger partial charge in [-0.3, -0.25) is 0 Å². The minimum atomic E-state index is 0.186. The highest BCUT2D eigenvalue weighted by Gasteiger charge is 2.12. The van der Waals surface area contributed by atoms with E-state index in [4.69, 9.17) is 5.73 Å². The lowest BCUT2D eigenvalue weighted by molar-refractivity contribution is 0.524. The zero-order valence-electron chi connectivity index (χ0n) is 10.4. The van der Waals surface area contributed by atoms with Crippen LogP contribution in [0.2, 0.25) is 0 Å². The second-order valence-electron chi connectivity index (χ2n) is 4.84. The van der Waals surface area contributed by atoms with E-state index in [1.165, 1.54) is 43.3 Å². The Morgan fingerprint density at radius 1 is 1.60 bits per heavy atom. The molecule has 0 saturated heterocycles. The number of hydrogen-bond donors (Lipinski definition) is 1. The molecule has 0 aromatic rings. The molecule has 2 unspecified atom stereocenters. The van der Waals surface area contributed by atoms with Gasteiger partial charge in [0.25, 0.3) is 0 Å². The lowest BCUT2D eigenvalue weighted by Crippen LogP contribution is -2.11. The van der Waals surface area contributed by atoms with Gasteiger partial charge in [0.05, 0.1) is 0 Å². The molecule has 0 radical (unpaired) electrons. The van der Waals surface area contributed by atoms with Gasteiger partial charge in [-0.2, -0.15) is 0 Å². The summed E-state index contributed by atoms with van der Waals surface area (Å²) in [4.78, 5) is 0. The molecule has 2 atom stereocenters. The third-order valence-corrected chi connectivity index (χ3v) is 3.14. The van der Waals surface area contributed by atoms with E-state index in [2.05, 4.69) is 32.9 Å². The van der Waals surface area contributed by atoms with Crippen LogP contribution in [0.15, 0.2) is 23.3 Å². The van der Waals surface area contributed by atoms with Crippen molar-refractivity contribution in [2.75, 3.05) is 0 Å². The SMILES string of the molecule is CCCC1C=C(C)C(=CC(C)N)CCC1. The first-order valence-corrected chi connectivity index (χ1v) is 6.28. The average molecular weight is 207 g/mol. The first kappa shape index (κ1) is 12.5. The molecule has 0 fully saturated rings. The summed E-state index contributed by atoms with van der Waals surface area (Å²) in [6.07, 6.45) is 11.2. The van der Waals surface area contributed by atoms with Crippen LogP contribution in [-0.2, 0) is 0 Å². The van der Waals surface area contributed by atoms with Crippen LogP contribution < -0.4 is 5.73 Å². The molecule has 0 saturated carbocycles. The molecule has 1 aliphatic rings. The quantitative estimate of drug-likeness (QED) is 0.748. The van der Waals surface area contributed by atoms with Gasteiger partial charge in [0.15, 0.2) is 0 Å². The van der Waals surface area contributed by atoms with Crippen molar-refractivity contribution in [1.82, 2.24) is 0 Å². The van der Waals surface area contributed by atoms with Crippen molar-refractivity contribution in [3.8, 4) is 0 Å². The van der Waals surface area contributed by atoms with Crippen molar-refractivity contribution in [2.45, 2.75) is 58.9 Å². The number of nitrogens with two attached hydrogens (primary N) is 1. The van der Waals surface area contributed by atoms with Crippen LogP contribution in [0.3, 0.4) is 0 Å². The van der Waals surface area contributed by atoms with Crippen LogP contribution in [0.5, 0.6) is 0 Å². The first-order valence-electron chi connectivity index (χ1n) is 6.28. The zero-order chi connectivity index (χ0) is 11.3. The number of allylic oxidation sites excluding steroid dienone is 3. The smallest absolute Gasteiger partial charge is 0.0200 e.